The normalized spacial score (nSPS) is 10.8. The van der Waals surface area contributed by atoms with Gasteiger partial charge in [0.25, 0.3) is 6.33 Å². The van der Waals surface area contributed by atoms with Gasteiger partial charge in [0.15, 0.2) is 11.0 Å². The lowest BCUT2D eigenvalue weighted by Crippen LogP contribution is -2.23. The molecule has 0 aliphatic rings. The Labute approximate surface area is 116 Å². The van der Waals surface area contributed by atoms with Gasteiger partial charge < -0.3 is 15.7 Å². The topological polar surface area (TPSA) is 67.1 Å². The molecule has 0 bridgehead atoms. The molecule has 0 aliphatic heterocycles. The molecular formula is C15H15N3O2. The van der Waals surface area contributed by atoms with Crippen molar-refractivity contribution in [3.8, 4) is 11.4 Å². The quantitative estimate of drug-likeness (QED) is 0.450. The largest absolute Gasteiger partial charge is 0.710 e. The summed E-state index contributed by atoms with van der Waals surface area (Å²) < 4.78 is 8.06. The molecule has 102 valence electrons. The molecule has 2 aromatic carbocycles. The molecule has 3 rings (SSSR count). The number of imidazole rings is 1. The van der Waals surface area contributed by atoms with E-state index in [9.17, 15) is 5.21 Å². The number of nitrogens with two attached hydrogens (primary N) is 1. The summed E-state index contributed by atoms with van der Waals surface area (Å²) in [5, 5.41) is 11.9. The van der Waals surface area contributed by atoms with Crippen LogP contribution in [0.25, 0.3) is 16.7 Å². The zero-order valence-electron chi connectivity index (χ0n) is 11.1. The van der Waals surface area contributed by atoms with E-state index in [1.54, 1.807) is 12.1 Å². The standard InChI is InChI=1S/C15H15N3O2/c1-2-20-13-6-4-12(5-7-13)17-10-18(19)15-9-11(16)3-8-14(15)17/h3-10H,2,16H2,1H3. The van der Waals surface area contributed by atoms with Crippen LogP contribution in [0.1, 0.15) is 6.92 Å². The van der Waals surface area contributed by atoms with Crippen LogP contribution in [0.2, 0.25) is 0 Å². The van der Waals surface area contributed by atoms with E-state index in [1.807, 2.05) is 41.8 Å². The number of anilines is 1. The number of ether oxygens (including phenoxy) is 1. The Morgan fingerprint density at radius 2 is 1.95 bits per heavy atom. The molecule has 0 amide bonds. The van der Waals surface area contributed by atoms with Gasteiger partial charge in [-0.3, -0.25) is 0 Å². The van der Waals surface area contributed by atoms with Crippen LogP contribution in [-0.4, -0.2) is 11.2 Å². The summed E-state index contributed by atoms with van der Waals surface area (Å²) in [6.45, 7) is 2.57. The van der Waals surface area contributed by atoms with E-state index in [-0.39, 0.29) is 0 Å². The first-order chi connectivity index (χ1) is 9.69. The van der Waals surface area contributed by atoms with Crippen LogP contribution in [0, 0.1) is 5.21 Å². The first kappa shape index (κ1) is 12.3. The molecule has 20 heavy (non-hydrogen) atoms. The van der Waals surface area contributed by atoms with Gasteiger partial charge >= 0.3 is 0 Å². The monoisotopic (exact) mass is 269 g/mol. The second-order valence-corrected chi connectivity index (χ2v) is 4.49. The lowest BCUT2D eigenvalue weighted by atomic mass is 10.2. The summed E-state index contributed by atoms with van der Waals surface area (Å²) in [5.74, 6) is 0.812. The van der Waals surface area contributed by atoms with Crippen molar-refractivity contribution in [3.05, 3.63) is 54.0 Å². The van der Waals surface area contributed by atoms with Crippen LogP contribution in [0.3, 0.4) is 0 Å². The maximum absolute atomic E-state index is 11.9. The summed E-state index contributed by atoms with van der Waals surface area (Å²) in [5.41, 5.74) is 8.56. The van der Waals surface area contributed by atoms with Crippen LogP contribution in [0.15, 0.2) is 48.8 Å². The van der Waals surface area contributed by atoms with E-state index in [2.05, 4.69) is 0 Å². The molecule has 0 saturated heterocycles. The zero-order chi connectivity index (χ0) is 14.1. The average molecular weight is 269 g/mol. The van der Waals surface area contributed by atoms with Gasteiger partial charge in [-0.25, -0.2) is 4.73 Å². The second kappa shape index (κ2) is 4.77. The molecule has 3 aromatic rings. The Bertz CT molecular complexity index is 748. The fraction of sp³-hybridized carbons (Fsp3) is 0.133. The van der Waals surface area contributed by atoms with Gasteiger partial charge in [-0.2, -0.15) is 4.57 Å². The molecule has 0 saturated carbocycles. The molecule has 0 atom stereocenters. The summed E-state index contributed by atoms with van der Waals surface area (Å²) in [7, 11) is 0. The van der Waals surface area contributed by atoms with E-state index in [4.69, 9.17) is 10.5 Å². The van der Waals surface area contributed by atoms with Crippen LogP contribution in [-0.2, 0) is 0 Å². The smallest absolute Gasteiger partial charge is 0.253 e. The highest BCUT2D eigenvalue weighted by Crippen LogP contribution is 2.21. The molecular weight excluding hydrogens is 254 g/mol. The van der Waals surface area contributed by atoms with Crippen molar-refractivity contribution in [3.63, 3.8) is 0 Å². The third kappa shape index (κ3) is 2.03. The van der Waals surface area contributed by atoms with Gasteiger partial charge in [0.05, 0.1) is 6.61 Å². The molecule has 5 nitrogen and oxygen atoms in total. The highest BCUT2D eigenvalue weighted by atomic mass is 16.5. The van der Waals surface area contributed by atoms with Crippen LogP contribution < -0.4 is 15.2 Å². The predicted octanol–water partition coefficient (Wildman–Crippen LogP) is 2.24. The number of benzene rings is 2. The summed E-state index contributed by atoms with van der Waals surface area (Å²) in [6.07, 6.45) is 1.50. The molecule has 1 aromatic heterocycles. The van der Waals surface area contributed by atoms with Crippen molar-refractivity contribution in [1.29, 1.82) is 0 Å². The number of nitrogen functional groups attached to an aromatic ring is 1. The van der Waals surface area contributed by atoms with Gasteiger partial charge in [0, 0.05) is 11.8 Å². The van der Waals surface area contributed by atoms with E-state index in [0.29, 0.717) is 17.8 Å². The molecule has 0 unspecified atom stereocenters. The van der Waals surface area contributed by atoms with Crippen molar-refractivity contribution in [2.75, 3.05) is 12.3 Å². The molecule has 0 radical (unpaired) electrons. The number of hydrogen-bond acceptors (Lipinski definition) is 3. The lowest BCUT2D eigenvalue weighted by molar-refractivity contribution is -0.577. The number of rotatable bonds is 3. The van der Waals surface area contributed by atoms with Crippen molar-refractivity contribution in [2.24, 2.45) is 0 Å². The first-order valence-electron chi connectivity index (χ1n) is 6.42. The highest BCUT2D eigenvalue weighted by Gasteiger charge is 2.14. The number of hydrogen-bond donors (Lipinski definition) is 1. The van der Waals surface area contributed by atoms with Gasteiger partial charge in [-0.1, -0.05) is 0 Å². The summed E-state index contributed by atoms with van der Waals surface area (Å²) in [6, 6.07) is 12.9. The zero-order valence-corrected chi connectivity index (χ0v) is 11.1. The fourth-order valence-electron chi connectivity index (χ4n) is 2.23. The minimum absolute atomic E-state index is 0.555. The van der Waals surface area contributed by atoms with Crippen LogP contribution in [0.5, 0.6) is 5.75 Å². The van der Waals surface area contributed by atoms with Crippen LogP contribution in [0.4, 0.5) is 5.69 Å². The van der Waals surface area contributed by atoms with Gasteiger partial charge in [0.1, 0.15) is 11.4 Å². The Balaban J connectivity index is 2.10. The average Bonchev–Trinajstić information content (AvgIpc) is 2.77. The number of aromatic nitrogens is 2. The Kier molecular flexibility index (Phi) is 2.95. The molecule has 5 heteroatoms. The third-order valence-electron chi connectivity index (χ3n) is 3.14. The van der Waals surface area contributed by atoms with Gasteiger partial charge in [-0.05, 0) is 43.3 Å². The van der Waals surface area contributed by atoms with E-state index >= 15 is 0 Å². The minimum Gasteiger partial charge on any atom is -0.710 e. The molecule has 1 heterocycles. The minimum atomic E-state index is 0.555. The van der Waals surface area contributed by atoms with Gasteiger partial charge in [-0.15, -0.1) is 0 Å². The Hall–Kier alpha value is -2.69. The summed E-state index contributed by atoms with van der Waals surface area (Å²) >= 11 is 0. The third-order valence-corrected chi connectivity index (χ3v) is 3.14. The lowest BCUT2D eigenvalue weighted by Gasteiger charge is -2.03. The highest BCUT2D eigenvalue weighted by molar-refractivity contribution is 5.77. The van der Waals surface area contributed by atoms with E-state index in [1.165, 1.54) is 6.33 Å². The first-order valence-corrected chi connectivity index (χ1v) is 6.42. The maximum Gasteiger partial charge on any atom is 0.253 e. The molecule has 0 aliphatic carbocycles. The van der Waals surface area contributed by atoms with E-state index < -0.39 is 0 Å². The second-order valence-electron chi connectivity index (χ2n) is 4.49. The Morgan fingerprint density at radius 1 is 1.20 bits per heavy atom. The van der Waals surface area contributed by atoms with Gasteiger partial charge in [0.2, 0.25) is 0 Å². The van der Waals surface area contributed by atoms with E-state index in [0.717, 1.165) is 21.7 Å². The van der Waals surface area contributed by atoms with Crippen LogP contribution >= 0.6 is 0 Å². The fourth-order valence-corrected chi connectivity index (χ4v) is 2.23. The Morgan fingerprint density at radius 3 is 2.65 bits per heavy atom. The predicted molar refractivity (Wildman–Crippen MR) is 77.8 cm³/mol. The molecule has 0 fully saturated rings. The maximum atomic E-state index is 11.9. The summed E-state index contributed by atoms with van der Waals surface area (Å²) in [4.78, 5) is 0. The molecule has 2 N–H and O–H groups in total. The molecule has 0 spiro atoms. The number of nitrogens with zero attached hydrogens (tertiary/aromatic N) is 2. The van der Waals surface area contributed by atoms with Crippen molar-refractivity contribution in [1.82, 2.24) is 4.57 Å². The van der Waals surface area contributed by atoms with Crippen molar-refractivity contribution in [2.45, 2.75) is 6.92 Å². The van der Waals surface area contributed by atoms with Crippen molar-refractivity contribution >= 4 is 16.7 Å². The SMILES string of the molecule is CCOc1ccc(-n2c[n+]([O-])c3cc(N)ccc32)cc1. The number of fused-ring (bicyclic) bond motifs is 1. The van der Waals surface area contributed by atoms with Crippen molar-refractivity contribution < 1.29 is 9.47 Å².